The highest BCUT2D eigenvalue weighted by atomic mass is 16.4. The summed E-state index contributed by atoms with van der Waals surface area (Å²) in [4.78, 5) is 11.0. The van der Waals surface area contributed by atoms with Gasteiger partial charge in [0, 0.05) is 7.05 Å². The van der Waals surface area contributed by atoms with Gasteiger partial charge in [-0.25, -0.2) is 9.48 Å². The summed E-state index contributed by atoms with van der Waals surface area (Å²) >= 11 is 0. The highest BCUT2D eigenvalue weighted by Gasteiger charge is 2.18. The standard InChI is InChI=1S/C11H15N5O2/c1-4-9-10(11(17)18)12-14-16(9)6-8-5-7(2)13-15(8)3/h5H,4,6H2,1-3H3,(H,17,18). The van der Waals surface area contributed by atoms with Crippen LogP contribution in [0.3, 0.4) is 0 Å². The van der Waals surface area contributed by atoms with Crippen molar-refractivity contribution >= 4 is 5.97 Å². The van der Waals surface area contributed by atoms with Gasteiger partial charge in [-0.15, -0.1) is 5.10 Å². The maximum absolute atomic E-state index is 11.0. The van der Waals surface area contributed by atoms with Gasteiger partial charge in [-0.2, -0.15) is 5.10 Å². The molecule has 7 heteroatoms. The molecule has 0 spiro atoms. The highest BCUT2D eigenvalue weighted by molar-refractivity contribution is 5.86. The lowest BCUT2D eigenvalue weighted by Crippen LogP contribution is -2.11. The van der Waals surface area contributed by atoms with Crippen LogP contribution in [0.25, 0.3) is 0 Å². The first-order valence-corrected chi connectivity index (χ1v) is 5.68. The molecule has 0 aromatic carbocycles. The summed E-state index contributed by atoms with van der Waals surface area (Å²) in [5.41, 5.74) is 2.53. The summed E-state index contributed by atoms with van der Waals surface area (Å²) in [6.07, 6.45) is 0.575. The molecule has 18 heavy (non-hydrogen) atoms. The number of carboxylic acids is 1. The molecule has 96 valence electrons. The molecule has 7 nitrogen and oxygen atoms in total. The molecule has 0 aliphatic carbocycles. The Morgan fingerprint density at radius 2 is 2.22 bits per heavy atom. The van der Waals surface area contributed by atoms with Crippen LogP contribution in [0.2, 0.25) is 0 Å². The smallest absolute Gasteiger partial charge is 0.358 e. The van der Waals surface area contributed by atoms with Gasteiger partial charge in [-0.3, -0.25) is 4.68 Å². The molecule has 2 aromatic heterocycles. The number of aromatic nitrogens is 5. The lowest BCUT2D eigenvalue weighted by atomic mass is 10.2. The summed E-state index contributed by atoms with van der Waals surface area (Å²) in [5, 5.41) is 20.8. The lowest BCUT2D eigenvalue weighted by molar-refractivity contribution is 0.0689. The van der Waals surface area contributed by atoms with Gasteiger partial charge in [0.05, 0.1) is 23.6 Å². The zero-order valence-corrected chi connectivity index (χ0v) is 10.6. The number of hydrogen-bond acceptors (Lipinski definition) is 4. The molecule has 2 heterocycles. The van der Waals surface area contributed by atoms with Crippen molar-refractivity contribution in [2.24, 2.45) is 7.05 Å². The zero-order chi connectivity index (χ0) is 13.3. The molecule has 0 saturated heterocycles. The van der Waals surface area contributed by atoms with E-state index in [1.165, 1.54) is 0 Å². The molecule has 0 fully saturated rings. The van der Waals surface area contributed by atoms with Crippen LogP contribution in [-0.4, -0.2) is 35.9 Å². The van der Waals surface area contributed by atoms with Gasteiger partial charge in [0.25, 0.3) is 0 Å². The second kappa shape index (κ2) is 4.59. The average Bonchev–Trinajstić information content (AvgIpc) is 2.83. The van der Waals surface area contributed by atoms with E-state index in [1.807, 2.05) is 27.0 Å². The number of rotatable bonds is 4. The normalized spacial score (nSPS) is 10.8. The van der Waals surface area contributed by atoms with Gasteiger partial charge in [-0.1, -0.05) is 12.1 Å². The number of hydrogen-bond donors (Lipinski definition) is 1. The molecule has 2 rings (SSSR count). The largest absolute Gasteiger partial charge is 0.476 e. The van der Waals surface area contributed by atoms with Crippen molar-refractivity contribution < 1.29 is 9.90 Å². The Hall–Kier alpha value is -2.18. The molecular formula is C11H15N5O2. The summed E-state index contributed by atoms with van der Waals surface area (Å²) in [6, 6.07) is 1.95. The first kappa shape index (κ1) is 12.3. The number of nitrogens with zero attached hydrogens (tertiary/aromatic N) is 5. The fraction of sp³-hybridized carbons (Fsp3) is 0.455. The van der Waals surface area contributed by atoms with E-state index >= 15 is 0 Å². The molecule has 0 radical (unpaired) electrons. The summed E-state index contributed by atoms with van der Waals surface area (Å²) in [5.74, 6) is -1.04. The van der Waals surface area contributed by atoms with Gasteiger partial charge in [0.1, 0.15) is 0 Å². The van der Waals surface area contributed by atoms with E-state index in [9.17, 15) is 4.79 Å². The molecule has 0 unspecified atom stereocenters. The Balaban J connectivity index is 2.35. The molecular weight excluding hydrogens is 234 g/mol. The summed E-state index contributed by atoms with van der Waals surface area (Å²) in [6.45, 7) is 4.27. The van der Waals surface area contributed by atoms with Crippen LogP contribution in [-0.2, 0) is 20.0 Å². The van der Waals surface area contributed by atoms with E-state index in [4.69, 9.17) is 5.11 Å². The van der Waals surface area contributed by atoms with E-state index < -0.39 is 5.97 Å². The second-order valence-corrected chi connectivity index (χ2v) is 4.10. The van der Waals surface area contributed by atoms with Crippen molar-refractivity contribution in [2.45, 2.75) is 26.8 Å². The van der Waals surface area contributed by atoms with Crippen molar-refractivity contribution in [3.8, 4) is 0 Å². The van der Waals surface area contributed by atoms with Gasteiger partial charge in [-0.05, 0) is 19.4 Å². The molecule has 1 N–H and O–H groups in total. The maximum atomic E-state index is 11.0. The van der Waals surface area contributed by atoms with Crippen molar-refractivity contribution in [3.63, 3.8) is 0 Å². The third kappa shape index (κ3) is 2.11. The highest BCUT2D eigenvalue weighted by Crippen LogP contribution is 2.10. The van der Waals surface area contributed by atoms with Gasteiger partial charge in [0.2, 0.25) is 0 Å². The van der Waals surface area contributed by atoms with Crippen LogP contribution in [0.5, 0.6) is 0 Å². The van der Waals surface area contributed by atoms with Gasteiger partial charge in [0.15, 0.2) is 5.69 Å². The Morgan fingerprint density at radius 3 is 2.72 bits per heavy atom. The molecule has 0 bridgehead atoms. The predicted octanol–water partition coefficient (Wildman–Crippen LogP) is 0.629. The minimum absolute atomic E-state index is 0.0244. The topological polar surface area (TPSA) is 85.8 Å². The van der Waals surface area contributed by atoms with Crippen LogP contribution in [0.15, 0.2) is 6.07 Å². The fourth-order valence-corrected chi connectivity index (χ4v) is 1.94. The van der Waals surface area contributed by atoms with Crippen LogP contribution < -0.4 is 0 Å². The first-order valence-electron chi connectivity index (χ1n) is 5.68. The molecule has 0 aliphatic rings. The summed E-state index contributed by atoms with van der Waals surface area (Å²) in [7, 11) is 1.85. The number of carbonyl (C=O) groups is 1. The van der Waals surface area contributed by atoms with Crippen LogP contribution >= 0.6 is 0 Å². The maximum Gasteiger partial charge on any atom is 0.358 e. The van der Waals surface area contributed by atoms with E-state index in [0.717, 1.165) is 11.4 Å². The van der Waals surface area contributed by atoms with Gasteiger partial charge < -0.3 is 5.11 Å². The number of carboxylic acid groups (broad SMARTS) is 1. The van der Waals surface area contributed by atoms with Crippen molar-refractivity contribution in [1.29, 1.82) is 0 Å². The average molecular weight is 249 g/mol. The number of aromatic carboxylic acids is 1. The second-order valence-electron chi connectivity index (χ2n) is 4.10. The Labute approximate surface area is 104 Å². The number of aryl methyl sites for hydroxylation is 2. The first-order chi connectivity index (χ1) is 8.52. The molecule has 0 atom stereocenters. The molecule has 0 aliphatic heterocycles. The van der Waals surface area contributed by atoms with E-state index in [0.29, 0.717) is 18.7 Å². The molecule has 2 aromatic rings. The van der Waals surface area contributed by atoms with Gasteiger partial charge >= 0.3 is 5.97 Å². The SMILES string of the molecule is CCc1c(C(=O)O)nnn1Cc1cc(C)nn1C. The Morgan fingerprint density at radius 1 is 1.50 bits per heavy atom. The quantitative estimate of drug-likeness (QED) is 0.858. The third-order valence-corrected chi connectivity index (χ3v) is 2.79. The Bertz CT molecular complexity index is 584. The van der Waals surface area contributed by atoms with Crippen LogP contribution in [0.4, 0.5) is 0 Å². The van der Waals surface area contributed by atoms with E-state index in [2.05, 4.69) is 15.4 Å². The van der Waals surface area contributed by atoms with Crippen molar-refractivity contribution in [1.82, 2.24) is 24.8 Å². The van der Waals surface area contributed by atoms with E-state index in [1.54, 1.807) is 9.36 Å². The minimum atomic E-state index is -1.04. The van der Waals surface area contributed by atoms with Crippen LogP contribution in [0, 0.1) is 6.92 Å². The molecule has 0 saturated carbocycles. The lowest BCUT2D eigenvalue weighted by Gasteiger charge is -2.05. The Kier molecular flexibility index (Phi) is 3.14. The third-order valence-electron chi connectivity index (χ3n) is 2.79. The summed E-state index contributed by atoms with van der Waals surface area (Å²) < 4.78 is 3.37. The fourth-order valence-electron chi connectivity index (χ4n) is 1.94. The van der Waals surface area contributed by atoms with Crippen molar-refractivity contribution in [3.05, 3.63) is 28.8 Å². The zero-order valence-electron chi connectivity index (χ0n) is 10.6. The van der Waals surface area contributed by atoms with Crippen LogP contribution in [0.1, 0.15) is 34.5 Å². The monoisotopic (exact) mass is 249 g/mol. The van der Waals surface area contributed by atoms with Crippen molar-refractivity contribution in [2.75, 3.05) is 0 Å². The van der Waals surface area contributed by atoms with E-state index in [-0.39, 0.29) is 5.69 Å². The predicted molar refractivity (Wildman–Crippen MR) is 63.4 cm³/mol. The minimum Gasteiger partial charge on any atom is -0.476 e. The molecule has 0 amide bonds.